The van der Waals surface area contributed by atoms with Crippen LogP contribution in [0.25, 0.3) is 0 Å². The Kier molecular flexibility index (Phi) is 6.97. The standard InChI is InChI=1S/C21H21ClN4O5S/c1-13-20(14(2)26(25-13)11-15-5-3-4-6-18(15)22)21(28)31-12-19(27)24-16-7-9-17(10-8-16)32(23,29)30/h3-10H,11-12H2,1-2H3,(H,24,27)(H2,23,29,30). The molecule has 0 aliphatic carbocycles. The van der Waals surface area contributed by atoms with Gasteiger partial charge in [-0.2, -0.15) is 5.10 Å². The topological polar surface area (TPSA) is 133 Å². The lowest BCUT2D eigenvalue weighted by Crippen LogP contribution is -2.21. The number of esters is 1. The molecule has 0 unspecified atom stereocenters. The summed E-state index contributed by atoms with van der Waals surface area (Å²) in [7, 11) is -3.83. The molecule has 2 aromatic carbocycles. The number of hydrogen-bond donors (Lipinski definition) is 2. The molecule has 1 aromatic heterocycles. The van der Waals surface area contributed by atoms with Gasteiger partial charge in [0.05, 0.1) is 22.8 Å². The number of benzene rings is 2. The Morgan fingerprint density at radius 3 is 2.41 bits per heavy atom. The van der Waals surface area contributed by atoms with Crippen molar-refractivity contribution in [3.8, 4) is 0 Å². The number of sulfonamides is 1. The molecule has 0 spiro atoms. The fourth-order valence-electron chi connectivity index (χ4n) is 3.06. The number of primary sulfonamides is 1. The molecule has 3 rings (SSSR count). The van der Waals surface area contributed by atoms with Crippen LogP contribution in [0.3, 0.4) is 0 Å². The summed E-state index contributed by atoms with van der Waals surface area (Å²) in [5.41, 5.74) is 2.53. The van der Waals surface area contributed by atoms with Crippen LogP contribution in [0.1, 0.15) is 27.3 Å². The van der Waals surface area contributed by atoms with Crippen molar-refractivity contribution in [2.45, 2.75) is 25.3 Å². The molecule has 1 amide bonds. The van der Waals surface area contributed by atoms with Gasteiger partial charge in [-0.25, -0.2) is 18.4 Å². The van der Waals surface area contributed by atoms with Crippen LogP contribution in [0.2, 0.25) is 5.02 Å². The van der Waals surface area contributed by atoms with Gasteiger partial charge in [-0.1, -0.05) is 29.8 Å². The number of nitrogens with one attached hydrogen (secondary N) is 1. The summed E-state index contributed by atoms with van der Waals surface area (Å²) in [6.07, 6.45) is 0. The summed E-state index contributed by atoms with van der Waals surface area (Å²) in [6, 6.07) is 12.6. The van der Waals surface area contributed by atoms with Crippen molar-refractivity contribution >= 4 is 39.2 Å². The van der Waals surface area contributed by atoms with Crippen LogP contribution in [0.15, 0.2) is 53.4 Å². The summed E-state index contributed by atoms with van der Waals surface area (Å²) in [4.78, 5) is 24.6. The van der Waals surface area contributed by atoms with Gasteiger partial charge >= 0.3 is 5.97 Å². The molecule has 168 valence electrons. The lowest BCUT2D eigenvalue weighted by atomic mass is 10.2. The number of carbonyl (C=O) groups excluding carboxylic acids is 2. The van der Waals surface area contributed by atoms with Crippen molar-refractivity contribution in [1.82, 2.24) is 9.78 Å². The molecular weight excluding hydrogens is 456 g/mol. The monoisotopic (exact) mass is 476 g/mol. The highest BCUT2D eigenvalue weighted by molar-refractivity contribution is 7.89. The van der Waals surface area contributed by atoms with E-state index in [0.717, 1.165) is 5.56 Å². The molecule has 0 atom stereocenters. The van der Waals surface area contributed by atoms with Crippen LogP contribution in [-0.2, 0) is 26.1 Å². The summed E-state index contributed by atoms with van der Waals surface area (Å²) in [5.74, 6) is -1.26. The average molecular weight is 477 g/mol. The third-order valence-corrected chi connectivity index (χ3v) is 5.96. The lowest BCUT2D eigenvalue weighted by Gasteiger charge is -2.08. The van der Waals surface area contributed by atoms with Gasteiger partial charge in [0.2, 0.25) is 10.0 Å². The van der Waals surface area contributed by atoms with E-state index in [9.17, 15) is 18.0 Å². The number of hydrogen-bond acceptors (Lipinski definition) is 6. The Bertz CT molecular complexity index is 1270. The van der Waals surface area contributed by atoms with Crippen LogP contribution in [0, 0.1) is 13.8 Å². The molecule has 0 radical (unpaired) electrons. The van der Waals surface area contributed by atoms with Crippen molar-refractivity contribution in [2.75, 3.05) is 11.9 Å². The molecule has 0 saturated carbocycles. The van der Waals surface area contributed by atoms with E-state index in [0.29, 0.717) is 28.6 Å². The van der Waals surface area contributed by atoms with Gasteiger partial charge in [0.25, 0.3) is 5.91 Å². The quantitative estimate of drug-likeness (QED) is 0.503. The molecule has 3 aromatic rings. The number of ether oxygens (including phenoxy) is 1. The van der Waals surface area contributed by atoms with E-state index >= 15 is 0 Å². The Morgan fingerprint density at radius 2 is 1.78 bits per heavy atom. The third-order valence-electron chi connectivity index (χ3n) is 4.66. The van der Waals surface area contributed by atoms with Crippen LogP contribution < -0.4 is 10.5 Å². The van der Waals surface area contributed by atoms with Gasteiger partial charge in [-0.05, 0) is 49.7 Å². The van der Waals surface area contributed by atoms with Gasteiger partial charge in [0.15, 0.2) is 6.61 Å². The number of nitrogens with two attached hydrogens (primary N) is 1. The van der Waals surface area contributed by atoms with E-state index in [1.807, 2.05) is 18.2 Å². The van der Waals surface area contributed by atoms with E-state index in [4.69, 9.17) is 21.5 Å². The van der Waals surface area contributed by atoms with Crippen molar-refractivity contribution in [3.05, 3.63) is 76.1 Å². The van der Waals surface area contributed by atoms with E-state index in [1.54, 1.807) is 24.6 Å². The number of carbonyl (C=O) groups is 2. The molecule has 0 fully saturated rings. The first-order valence-electron chi connectivity index (χ1n) is 9.43. The van der Waals surface area contributed by atoms with E-state index in [1.165, 1.54) is 24.3 Å². The largest absolute Gasteiger partial charge is 0.452 e. The molecule has 32 heavy (non-hydrogen) atoms. The van der Waals surface area contributed by atoms with Crippen molar-refractivity contribution < 1.29 is 22.7 Å². The fraction of sp³-hybridized carbons (Fsp3) is 0.190. The maximum absolute atomic E-state index is 12.6. The second-order valence-corrected chi connectivity index (χ2v) is 8.96. The highest BCUT2D eigenvalue weighted by Crippen LogP contribution is 2.20. The van der Waals surface area contributed by atoms with Gasteiger partial charge < -0.3 is 10.1 Å². The van der Waals surface area contributed by atoms with Crippen LogP contribution >= 0.6 is 11.6 Å². The SMILES string of the molecule is Cc1nn(Cc2ccccc2Cl)c(C)c1C(=O)OCC(=O)Nc1ccc(S(N)(=O)=O)cc1. The molecule has 0 aliphatic rings. The zero-order valence-electron chi connectivity index (χ0n) is 17.3. The van der Waals surface area contributed by atoms with Crippen LogP contribution in [0.5, 0.6) is 0 Å². The summed E-state index contributed by atoms with van der Waals surface area (Å²) in [6.45, 7) is 3.28. The smallest absolute Gasteiger partial charge is 0.342 e. The fourth-order valence-corrected chi connectivity index (χ4v) is 3.77. The minimum absolute atomic E-state index is 0.0818. The van der Waals surface area contributed by atoms with Gasteiger partial charge in [-0.3, -0.25) is 9.48 Å². The summed E-state index contributed by atoms with van der Waals surface area (Å²) in [5, 5.41) is 12.5. The lowest BCUT2D eigenvalue weighted by molar-refractivity contribution is -0.119. The Balaban J connectivity index is 1.63. The summed E-state index contributed by atoms with van der Waals surface area (Å²) < 4.78 is 29.3. The maximum atomic E-state index is 12.6. The summed E-state index contributed by atoms with van der Waals surface area (Å²) >= 11 is 6.20. The Hall–Kier alpha value is -3.21. The number of nitrogens with zero attached hydrogens (tertiary/aromatic N) is 2. The minimum atomic E-state index is -3.83. The normalized spacial score (nSPS) is 11.2. The molecule has 0 saturated heterocycles. The number of rotatable bonds is 7. The number of amides is 1. The molecule has 0 bridgehead atoms. The number of anilines is 1. The molecule has 3 N–H and O–H groups in total. The number of halogens is 1. The molecule has 9 nitrogen and oxygen atoms in total. The van der Waals surface area contributed by atoms with E-state index in [2.05, 4.69) is 10.4 Å². The molecule has 1 heterocycles. The van der Waals surface area contributed by atoms with Crippen molar-refractivity contribution in [1.29, 1.82) is 0 Å². The average Bonchev–Trinajstić information content (AvgIpc) is 3.00. The van der Waals surface area contributed by atoms with Crippen LogP contribution in [-0.4, -0.2) is 36.7 Å². The molecule has 0 aliphatic heterocycles. The van der Waals surface area contributed by atoms with E-state index < -0.39 is 28.5 Å². The van der Waals surface area contributed by atoms with Crippen LogP contribution in [0.4, 0.5) is 5.69 Å². The van der Waals surface area contributed by atoms with Crippen molar-refractivity contribution in [3.63, 3.8) is 0 Å². The Morgan fingerprint density at radius 1 is 1.12 bits per heavy atom. The van der Waals surface area contributed by atoms with E-state index in [-0.39, 0.29) is 10.5 Å². The highest BCUT2D eigenvalue weighted by Gasteiger charge is 2.21. The molecule has 11 heteroatoms. The first-order valence-corrected chi connectivity index (χ1v) is 11.4. The zero-order chi connectivity index (χ0) is 23.5. The Labute approximate surface area is 190 Å². The second kappa shape index (κ2) is 9.51. The van der Waals surface area contributed by atoms with Gasteiger partial charge in [0.1, 0.15) is 5.56 Å². The number of aromatic nitrogens is 2. The van der Waals surface area contributed by atoms with Gasteiger partial charge in [0, 0.05) is 10.7 Å². The second-order valence-electron chi connectivity index (χ2n) is 6.99. The minimum Gasteiger partial charge on any atom is -0.452 e. The van der Waals surface area contributed by atoms with Crippen molar-refractivity contribution in [2.24, 2.45) is 5.14 Å². The predicted octanol–water partition coefficient (Wildman–Crippen LogP) is 2.64. The first-order chi connectivity index (χ1) is 15.1. The van der Waals surface area contributed by atoms with Gasteiger partial charge in [-0.15, -0.1) is 0 Å². The molecular formula is C21H21ClN4O5S. The zero-order valence-corrected chi connectivity index (χ0v) is 18.9. The highest BCUT2D eigenvalue weighted by atomic mass is 35.5. The third kappa shape index (κ3) is 5.52. The maximum Gasteiger partial charge on any atom is 0.342 e. The predicted molar refractivity (Wildman–Crippen MR) is 119 cm³/mol. The number of aryl methyl sites for hydroxylation is 1. The first kappa shape index (κ1) is 23.5.